The Morgan fingerprint density at radius 3 is 2.35 bits per heavy atom. The number of nitro benzene ring substituents is 1. The molecule has 1 heterocycles. The molecular weight excluding hydrogens is 392 g/mol. The van der Waals surface area contributed by atoms with Crippen LogP contribution >= 0.6 is 0 Å². The first-order chi connectivity index (χ1) is 15.0. The minimum atomic E-state index is -0.455. The fourth-order valence-corrected chi connectivity index (χ4v) is 3.26. The van der Waals surface area contributed by atoms with E-state index in [4.69, 9.17) is 10.5 Å². The van der Waals surface area contributed by atoms with Crippen molar-refractivity contribution < 1.29 is 9.66 Å². The summed E-state index contributed by atoms with van der Waals surface area (Å²) in [6, 6.07) is 17.5. The molecule has 0 aliphatic rings. The van der Waals surface area contributed by atoms with Gasteiger partial charge >= 0.3 is 0 Å². The van der Waals surface area contributed by atoms with E-state index in [-0.39, 0.29) is 11.5 Å². The smallest absolute Gasteiger partial charge is 0.269 e. The van der Waals surface area contributed by atoms with Crippen LogP contribution in [0.15, 0.2) is 54.6 Å². The number of pyridine rings is 1. The molecule has 0 unspecified atom stereocenters. The largest absolute Gasteiger partial charge is 0.494 e. The van der Waals surface area contributed by atoms with Gasteiger partial charge in [0.15, 0.2) is 0 Å². The number of ether oxygens (including phenoxy) is 1. The van der Waals surface area contributed by atoms with Crippen molar-refractivity contribution in [3.05, 3.63) is 70.3 Å². The monoisotopic (exact) mass is 416 g/mol. The summed E-state index contributed by atoms with van der Waals surface area (Å²) >= 11 is 0. The van der Waals surface area contributed by atoms with Gasteiger partial charge in [-0.1, -0.05) is 38.3 Å². The van der Waals surface area contributed by atoms with E-state index >= 15 is 0 Å². The lowest BCUT2D eigenvalue weighted by Crippen LogP contribution is -2.00. The number of unbranched alkanes of at least 4 members (excludes halogenated alkanes) is 3. The number of hydrogen-bond donors (Lipinski definition) is 1. The van der Waals surface area contributed by atoms with Gasteiger partial charge in [-0.3, -0.25) is 10.1 Å². The molecule has 0 saturated heterocycles. The summed E-state index contributed by atoms with van der Waals surface area (Å²) in [5.41, 5.74) is 9.02. The Morgan fingerprint density at radius 2 is 1.74 bits per heavy atom. The van der Waals surface area contributed by atoms with Gasteiger partial charge in [-0.05, 0) is 42.3 Å². The number of rotatable bonds is 9. The number of nitrogen functional groups attached to an aromatic ring is 1. The minimum Gasteiger partial charge on any atom is -0.494 e. The van der Waals surface area contributed by atoms with Crippen molar-refractivity contribution >= 4 is 11.5 Å². The third-order valence-corrected chi connectivity index (χ3v) is 4.97. The molecule has 0 aliphatic carbocycles. The van der Waals surface area contributed by atoms with Gasteiger partial charge in [0.2, 0.25) is 0 Å². The Bertz CT molecular complexity index is 1090. The lowest BCUT2D eigenvalue weighted by molar-refractivity contribution is -0.384. The number of aromatic nitrogens is 1. The van der Waals surface area contributed by atoms with Crippen LogP contribution in [0.4, 0.5) is 11.5 Å². The lowest BCUT2D eigenvalue weighted by atomic mass is 9.98. The molecular formula is C24H24N4O3. The highest BCUT2D eigenvalue weighted by Crippen LogP contribution is 2.32. The highest BCUT2D eigenvalue weighted by atomic mass is 16.6. The average molecular weight is 416 g/mol. The maximum Gasteiger partial charge on any atom is 0.269 e. The second kappa shape index (κ2) is 10.2. The average Bonchev–Trinajstić information content (AvgIpc) is 2.79. The molecule has 3 rings (SSSR count). The van der Waals surface area contributed by atoms with Crippen LogP contribution in [0.3, 0.4) is 0 Å². The Hall–Kier alpha value is -3.92. The summed E-state index contributed by atoms with van der Waals surface area (Å²) in [5, 5.41) is 20.5. The SMILES string of the molecule is CCCCCCOc1ccc(-c2cc(-c3ccc([N+](=O)[O-])cc3)nc(N)c2C#N)cc1. The van der Waals surface area contributed by atoms with E-state index in [1.165, 1.54) is 25.0 Å². The minimum absolute atomic E-state index is 0.00382. The second-order valence-electron chi connectivity index (χ2n) is 7.16. The van der Waals surface area contributed by atoms with Gasteiger partial charge in [0, 0.05) is 23.3 Å². The zero-order valence-electron chi connectivity index (χ0n) is 17.4. The number of nitriles is 1. The van der Waals surface area contributed by atoms with E-state index in [1.807, 2.05) is 24.3 Å². The van der Waals surface area contributed by atoms with Crippen molar-refractivity contribution in [1.29, 1.82) is 5.26 Å². The summed E-state index contributed by atoms with van der Waals surface area (Å²) in [6.45, 7) is 2.85. The molecule has 0 fully saturated rings. The van der Waals surface area contributed by atoms with Crippen molar-refractivity contribution in [2.45, 2.75) is 32.6 Å². The molecule has 1 aromatic heterocycles. The molecule has 0 amide bonds. The Balaban J connectivity index is 1.86. The van der Waals surface area contributed by atoms with Gasteiger partial charge in [-0.25, -0.2) is 4.98 Å². The van der Waals surface area contributed by atoms with Crippen molar-refractivity contribution in [2.75, 3.05) is 12.3 Å². The number of benzene rings is 2. The van der Waals surface area contributed by atoms with E-state index in [9.17, 15) is 15.4 Å². The number of nitrogens with two attached hydrogens (primary N) is 1. The summed E-state index contributed by atoms with van der Waals surface area (Å²) in [5.74, 6) is 0.890. The fraction of sp³-hybridized carbons (Fsp3) is 0.250. The molecule has 0 atom stereocenters. The maximum atomic E-state index is 10.9. The first kappa shape index (κ1) is 21.8. The van der Waals surface area contributed by atoms with E-state index in [2.05, 4.69) is 18.0 Å². The number of hydrogen-bond acceptors (Lipinski definition) is 6. The van der Waals surface area contributed by atoms with Crippen LogP contribution < -0.4 is 10.5 Å². The number of nitrogens with zero attached hydrogens (tertiary/aromatic N) is 3. The quantitative estimate of drug-likeness (QED) is 0.270. The van der Waals surface area contributed by atoms with Gasteiger partial charge in [-0.2, -0.15) is 5.26 Å². The third kappa shape index (κ3) is 5.37. The molecule has 0 bridgehead atoms. The van der Waals surface area contributed by atoms with Gasteiger partial charge in [0.25, 0.3) is 5.69 Å². The number of non-ortho nitro benzene ring substituents is 1. The zero-order valence-corrected chi connectivity index (χ0v) is 17.4. The van der Waals surface area contributed by atoms with Crippen LogP contribution in [0.1, 0.15) is 38.2 Å². The molecule has 0 aliphatic heterocycles. The van der Waals surface area contributed by atoms with Crippen molar-refractivity contribution in [3.63, 3.8) is 0 Å². The number of anilines is 1. The van der Waals surface area contributed by atoms with Crippen molar-refractivity contribution in [1.82, 2.24) is 4.98 Å². The molecule has 2 aromatic carbocycles. The highest BCUT2D eigenvalue weighted by molar-refractivity contribution is 5.80. The van der Waals surface area contributed by atoms with Gasteiger partial charge in [0.1, 0.15) is 23.2 Å². The first-order valence-corrected chi connectivity index (χ1v) is 10.2. The van der Waals surface area contributed by atoms with E-state index in [0.29, 0.717) is 29.0 Å². The molecule has 158 valence electrons. The predicted molar refractivity (Wildman–Crippen MR) is 121 cm³/mol. The van der Waals surface area contributed by atoms with E-state index < -0.39 is 4.92 Å². The van der Waals surface area contributed by atoms with E-state index in [0.717, 1.165) is 24.2 Å². The molecule has 7 nitrogen and oxygen atoms in total. The highest BCUT2D eigenvalue weighted by Gasteiger charge is 2.14. The molecule has 0 spiro atoms. The topological polar surface area (TPSA) is 115 Å². The van der Waals surface area contributed by atoms with Gasteiger partial charge < -0.3 is 10.5 Å². The third-order valence-electron chi connectivity index (χ3n) is 4.97. The van der Waals surface area contributed by atoms with Crippen LogP contribution in [-0.4, -0.2) is 16.5 Å². The van der Waals surface area contributed by atoms with E-state index in [1.54, 1.807) is 18.2 Å². The van der Waals surface area contributed by atoms with Crippen LogP contribution in [0.25, 0.3) is 22.4 Å². The van der Waals surface area contributed by atoms with Gasteiger partial charge in [-0.15, -0.1) is 0 Å². The van der Waals surface area contributed by atoms with Crippen LogP contribution in [0.2, 0.25) is 0 Å². The summed E-state index contributed by atoms with van der Waals surface area (Å²) in [6.07, 6.45) is 4.57. The summed E-state index contributed by atoms with van der Waals surface area (Å²) in [7, 11) is 0. The second-order valence-corrected chi connectivity index (χ2v) is 7.16. The Labute approximate surface area is 181 Å². The molecule has 31 heavy (non-hydrogen) atoms. The van der Waals surface area contributed by atoms with Crippen molar-refractivity contribution in [3.8, 4) is 34.2 Å². The van der Waals surface area contributed by atoms with Gasteiger partial charge in [0.05, 0.1) is 17.2 Å². The molecule has 2 N–H and O–H groups in total. The molecule has 3 aromatic rings. The lowest BCUT2D eigenvalue weighted by Gasteiger charge is -2.11. The number of nitro groups is 1. The molecule has 7 heteroatoms. The normalized spacial score (nSPS) is 10.5. The summed E-state index contributed by atoms with van der Waals surface area (Å²) < 4.78 is 5.79. The fourth-order valence-electron chi connectivity index (χ4n) is 3.26. The van der Waals surface area contributed by atoms with Crippen LogP contribution in [0, 0.1) is 21.4 Å². The molecule has 0 saturated carbocycles. The van der Waals surface area contributed by atoms with Crippen LogP contribution in [0.5, 0.6) is 5.75 Å². The predicted octanol–water partition coefficient (Wildman–Crippen LogP) is 5.74. The molecule has 0 radical (unpaired) electrons. The Kier molecular flexibility index (Phi) is 7.17. The zero-order chi connectivity index (χ0) is 22.2. The maximum absolute atomic E-state index is 10.9. The van der Waals surface area contributed by atoms with Crippen LogP contribution in [-0.2, 0) is 0 Å². The standard InChI is InChI=1S/C24H24N4O3/c1-2-3-4-5-14-31-20-12-8-17(9-13-20)21-15-23(27-24(26)22(21)16-25)18-6-10-19(11-7-18)28(29)30/h6-13,15H,2-5,14H2,1H3,(H2,26,27). The Morgan fingerprint density at radius 1 is 1.06 bits per heavy atom. The first-order valence-electron chi connectivity index (χ1n) is 10.2. The van der Waals surface area contributed by atoms with Crippen molar-refractivity contribution in [2.24, 2.45) is 0 Å². The summed E-state index contributed by atoms with van der Waals surface area (Å²) in [4.78, 5) is 14.8.